The van der Waals surface area contributed by atoms with Gasteiger partial charge in [0, 0.05) is 57.2 Å². The Kier molecular flexibility index (Phi) is 10.6. The summed E-state index contributed by atoms with van der Waals surface area (Å²) in [5.41, 5.74) is 4.89. The first-order valence-corrected chi connectivity index (χ1v) is 11.7. The topological polar surface area (TPSA) is 75.5 Å². The van der Waals surface area contributed by atoms with Crippen molar-refractivity contribution in [2.75, 3.05) is 26.8 Å². The van der Waals surface area contributed by atoms with E-state index in [0.717, 1.165) is 50.7 Å². The van der Waals surface area contributed by atoms with E-state index >= 15 is 0 Å². The van der Waals surface area contributed by atoms with E-state index in [4.69, 9.17) is 4.74 Å². The second-order valence-corrected chi connectivity index (χ2v) is 9.12. The number of guanidine groups is 1. The van der Waals surface area contributed by atoms with Gasteiger partial charge in [-0.2, -0.15) is 5.10 Å². The molecule has 184 valence electrons. The second kappa shape index (κ2) is 12.7. The molecular formula is C25H41IN6O. The molecule has 2 unspecified atom stereocenters. The van der Waals surface area contributed by atoms with Gasteiger partial charge in [-0.15, -0.1) is 24.0 Å². The van der Waals surface area contributed by atoms with Gasteiger partial charge in [-0.3, -0.25) is 9.67 Å². The molecule has 0 radical (unpaired) electrons. The number of benzene rings is 1. The largest absolute Gasteiger partial charge is 0.381 e. The molecule has 1 aromatic heterocycles. The van der Waals surface area contributed by atoms with E-state index in [9.17, 15) is 0 Å². The summed E-state index contributed by atoms with van der Waals surface area (Å²) in [5, 5.41) is 15.6. The van der Waals surface area contributed by atoms with E-state index in [1.807, 2.05) is 18.8 Å². The number of rotatable bonds is 8. The molecule has 3 N–H and O–H groups in total. The summed E-state index contributed by atoms with van der Waals surface area (Å²) in [4.78, 5) is 4.49. The van der Waals surface area contributed by atoms with Crippen molar-refractivity contribution in [1.29, 1.82) is 0 Å². The average molecular weight is 569 g/mol. The zero-order valence-electron chi connectivity index (χ0n) is 20.9. The minimum Gasteiger partial charge on any atom is -0.381 e. The van der Waals surface area contributed by atoms with E-state index in [2.05, 4.69) is 84.1 Å². The van der Waals surface area contributed by atoms with Crippen LogP contribution in [-0.2, 0) is 18.2 Å². The average Bonchev–Trinajstić information content (AvgIpc) is 3.03. The predicted octanol–water partition coefficient (Wildman–Crippen LogP) is 3.65. The van der Waals surface area contributed by atoms with E-state index < -0.39 is 0 Å². The van der Waals surface area contributed by atoms with Gasteiger partial charge in [0.2, 0.25) is 0 Å². The Morgan fingerprint density at radius 2 is 1.85 bits per heavy atom. The first kappa shape index (κ1) is 27.6. The van der Waals surface area contributed by atoms with Gasteiger partial charge in [-0.05, 0) is 58.1 Å². The molecule has 1 aliphatic rings. The minimum atomic E-state index is -0.0368. The van der Waals surface area contributed by atoms with Crippen LogP contribution in [0.1, 0.15) is 55.2 Å². The van der Waals surface area contributed by atoms with Gasteiger partial charge < -0.3 is 20.7 Å². The maximum absolute atomic E-state index is 5.68. The maximum Gasteiger partial charge on any atom is 0.191 e. The van der Waals surface area contributed by atoms with Crippen molar-refractivity contribution in [3.05, 3.63) is 52.8 Å². The molecule has 1 aromatic carbocycles. The molecule has 33 heavy (non-hydrogen) atoms. The Labute approximate surface area is 216 Å². The Morgan fingerprint density at radius 1 is 1.18 bits per heavy atom. The van der Waals surface area contributed by atoms with E-state index in [1.165, 1.54) is 16.8 Å². The van der Waals surface area contributed by atoms with Crippen LogP contribution >= 0.6 is 24.0 Å². The Hall–Kier alpha value is -1.65. The smallest absolute Gasteiger partial charge is 0.191 e. The van der Waals surface area contributed by atoms with Crippen LogP contribution in [0.3, 0.4) is 0 Å². The van der Waals surface area contributed by atoms with Crippen molar-refractivity contribution < 1.29 is 4.74 Å². The number of aryl methyl sites for hydroxylation is 2. The Bertz CT molecular complexity index is 892. The predicted molar refractivity (Wildman–Crippen MR) is 147 cm³/mol. The number of halogens is 1. The molecule has 3 rings (SSSR count). The normalized spacial score (nSPS) is 17.7. The molecule has 0 saturated carbocycles. The summed E-state index contributed by atoms with van der Waals surface area (Å²) in [6.07, 6.45) is 2.85. The molecule has 0 amide bonds. The van der Waals surface area contributed by atoms with Gasteiger partial charge in [0.05, 0.1) is 5.69 Å². The van der Waals surface area contributed by atoms with Crippen LogP contribution in [0, 0.1) is 13.8 Å². The van der Waals surface area contributed by atoms with E-state index in [1.54, 1.807) is 0 Å². The summed E-state index contributed by atoms with van der Waals surface area (Å²) in [6.45, 7) is 11.0. The van der Waals surface area contributed by atoms with Crippen LogP contribution in [0.25, 0.3) is 0 Å². The lowest BCUT2D eigenvalue weighted by molar-refractivity contribution is 0.0354. The van der Waals surface area contributed by atoms with E-state index in [-0.39, 0.29) is 41.6 Å². The standard InChI is InChI=1S/C25H40N6O.HI/c1-18(16-23-20(3)30-31(6)21(23)4)28-24(26-5)27-17-25(12-14-32-15-13-25)29-19(2)22-10-8-7-9-11-22;/h7-11,18-19,29H,12-17H2,1-6H3,(H2,26,27,28);1H. The lowest BCUT2D eigenvalue weighted by Gasteiger charge is -2.41. The Morgan fingerprint density at radius 3 is 2.42 bits per heavy atom. The van der Waals surface area contributed by atoms with Crippen molar-refractivity contribution in [1.82, 2.24) is 25.7 Å². The molecule has 0 bridgehead atoms. The lowest BCUT2D eigenvalue weighted by Crippen LogP contribution is -2.58. The third-order valence-electron chi connectivity index (χ3n) is 6.64. The third kappa shape index (κ3) is 7.42. The summed E-state index contributed by atoms with van der Waals surface area (Å²) in [5.74, 6) is 0.830. The molecular weight excluding hydrogens is 527 g/mol. The van der Waals surface area contributed by atoms with Crippen molar-refractivity contribution in [2.24, 2.45) is 12.0 Å². The van der Waals surface area contributed by atoms with Gasteiger partial charge in [0.15, 0.2) is 5.96 Å². The number of hydrogen-bond donors (Lipinski definition) is 3. The fraction of sp³-hybridized carbons (Fsp3) is 0.600. The number of aromatic nitrogens is 2. The van der Waals surface area contributed by atoms with Crippen molar-refractivity contribution >= 4 is 29.9 Å². The number of nitrogens with zero attached hydrogens (tertiary/aromatic N) is 3. The molecule has 1 fully saturated rings. The number of ether oxygens (including phenoxy) is 1. The van der Waals surface area contributed by atoms with E-state index in [0.29, 0.717) is 0 Å². The van der Waals surface area contributed by atoms with Crippen LogP contribution in [0.15, 0.2) is 35.3 Å². The minimum absolute atomic E-state index is 0. The molecule has 0 spiro atoms. The zero-order chi connectivity index (χ0) is 23.1. The van der Waals surface area contributed by atoms with Crippen LogP contribution in [-0.4, -0.2) is 54.1 Å². The Balaban J connectivity index is 0.00000385. The fourth-order valence-corrected chi connectivity index (χ4v) is 4.57. The van der Waals surface area contributed by atoms with Crippen LogP contribution in [0.5, 0.6) is 0 Å². The van der Waals surface area contributed by atoms with Gasteiger partial charge in [-0.1, -0.05) is 30.3 Å². The summed E-state index contributed by atoms with van der Waals surface area (Å²) in [7, 11) is 3.83. The highest BCUT2D eigenvalue weighted by atomic mass is 127. The number of aliphatic imine (C=N–C) groups is 1. The van der Waals surface area contributed by atoms with Crippen LogP contribution in [0.2, 0.25) is 0 Å². The summed E-state index contributed by atoms with van der Waals surface area (Å²) >= 11 is 0. The first-order valence-electron chi connectivity index (χ1n) is 11.7. The lowest BCUT2D eigenvalue weighted by atomic mass is 9.88. The number of nitrogens with one attached hydrogen (secondary N) is 3. The maximum atomic E-state index is 5.68. The second-order valence-electron chi connectivity index (χ2n) is 9.12. The van der Waals surface area contributed by atoms with Crippen molar-refractivity contribution in [3.63, 3.8) is 0 Å². The van der Waals surface area contributed by atoms with Crippen LogP contribution < -0.4 is 16.0 Å². The quantitative estimate of drug-likeness (QED) is 0.258. The molecule has 1 aliphatic heterocycles. The molecule has 2 aromatic rings. The van der Waals surface area contributed by atoms with Crippen molar-refractivity contribution in [3.8, 4) is 0 Å². The molecule has 0 aliphatic carbocycles. The van der Waals surface area contributed by atoms with Gasteiger partial charge in [0.25, 0.3) is 0 Å². The summed E-state index contributed by atoms with van der Waals surface area (Å²) in [6, 6.07) is 11.1. The first-order chi connectivity index (χ1) is 15.3. The highest BCUT2D eigenvalue weighted by molar-refractivity contribution is 14.0. The van der Waals surface area contributed by atoms with Gasteiger partial charge >= 0.3 is 0 Å². The van der Waals surface area contributed by atoms with Crippen molar-refractivity contribution in [2.45, 2.75) is 64.6 Å². The SMILES string of the molecule is CN=C(NCC1(NC(C)c2ccccc2)CCOCC1)NC(C)Cc1c(C)nn(C)c1C.I. The zero-order valence-corrected chi connectivity index (χ0v) is 23.3. The molecule has 1 saturated heterocycles. The highest BCUT2D eigenvalue weighted by Crippen LogP contribution is 2.25. The van der Waals surface area contributed by atoms with Gasteiger partial charge in [0.1, 0.15) is 0 Å². The molecule has 2 atom stereocenters. The van der Waals surface area contributed by atoms with Gasteiger partial charge in [-0.25, -0.2) is 0 Å². The summed E-state index contributed by atoms with van der Waals surface area (Å²) < 4.78 is 7.64. The number of hydrogen-bond acceptors (Lipinski definition) is 4. The molecule has 2 heterocycles. The molecule has 7 nitrogen and oxygen atoms in total. The third-order valence-corrected chi connectivity index (χ3v) is 6.64. The fourth-order valence-electron chi connectivity index (χ4n) is 4.57. The molecule has 8 heteroatoms. The van der Waals surface area contributed by atoms with Crippen LogP contribution in [0.4, 0.5) is 0 Å². The monoisotopic (exact) mass is 568 g/mol. The highest BCUT2D eigenvalue weighted by Gasteiger charge is 2.34.